The van der Waals surface area contributed by atoms with E-state index in [2.05, 4.69) is 20.9 Å². The number of para-hydroxylation sites is 2. The SMILES string of the molecule is C/C(N)=C1\Cc2c(Br)ncn2-c2ccccc2N1N. The van der Waals surface area contributed by atoms with Gasteiger partial charge in [-0.2, -0.15) is 0 Å². The number of nitrogens with zero attached hydrogens (tertiary/aromatic N) is 3. The third kappa shape index (κ3) is 1.84. The molecule has 0 fully saturated rings. The molecule has 1 aromatic carbocycles. The second-order valence-electron chi connectivity index (χ2n) is 4.52. The maximum atomic E-state index is 6.23. The number of benzene rings is 1. The van der Waals surface area contributed by atoms with Crippen LogP contribution in [0.4, 0.5) is 5.69 Å². The van der Waals surface area contributed by atoms with Crippen LogP contribution in [-0.2, 0) is 6.42 Å². The molecule has 6 heteroatoms. The summed E-state index contributed by atoms with van der Waals surface area (Å²) in [5, 5.41) is 1.66. The molecule has 0 unspecified atom stereocenters. The fraction of sp³-hybridized carbons (Fsp3) is 0.154. The molecule has 98 valence electrons. The molecular weight excluding hydrogens is 306 g/mol. The first kappa shape index (κ1) is 12.3. The van der Waals surface area contributed by atoms with Gasteiger partial charge in [-0.05, 0) is 35.0 Å². The lowest BCUT2D eigenvalue weighted by molar-refractivity contribution is 0.897. The van der Waals surface area contributed by atoms with Gasteiger partial charge in [-0.15, -0.1) is 0 Å². The van der Waals surface area contributed by atoms with Crippen molar-refractivity contribution in [3.8, 4) is 5.69 Å². The van der Waals surface area contributed by atoms with Gasteiger partial charge in [0.25, 0.3) is 0 Å². The van der Waals surface area contributed by atoms with E-state index >= 15 is 0 Å². The zero-order chi connectivity index (χ0) is 13.6. The minimum absolute atomic E-state index is 0.633. The summed E-state index contributed by atoms with van der Waals surface area (Å²) in [6, 6.07) is 7.93. The predicted octanol–water partition coefficient (Wildman–Crippen LogP) is 2.06. The van der Waals surface area contributed by atoms with Crippen molar-refractivity contribution in [2.24, 2.45) is 11.6 Å². The lowest BCUT2D eigenvalue weighted by Gasteiger charge is -2.22. The lowest BCUT2D eigenvalue weighted by atomic mass is 10.2. The monoisotopic (exact) mass is 319 g/mol. The Morgan fingerprint density at radius 1 is 1.32 bits per heavy atom. The number of allylic oxidation sites excluding steroid dienone is 2. The standard InChI is InChI=1S/C13H14BrN5/c1-8(15)11-6-12-13(14)17-7-18(12)9-4-2-3-5-10(9)19(11)16/h2-5,7H,6,15-16H2,1H3/b11-8-. The Kier molecular flexibility index (Phi) is 2.83. The van der Waals surface area contributed by atoms with Crippen LogP contribution in [0.15, 0.2) is 46.6 Å². The smallest absolute Gasteiger partial charge is 0.128 e. The van der Waals surface area contributed by atoms with Gasteiger partial charge in [0, 0.05) is 12.1 Å². The molecule has 5 nitrogen and oxygen atoms in total. The number of aromatic nitrogens is 2. The highest BCUT2D eigenvalue weighted by atomic mass is 79.9. The van der Waals surface area contributed by atoms with Gasteiger partial charge in [-0.1, -0.05) is 12.1 Å². The van der Waals surface area contributed by atoms with Crippen LogP contribution in [0.5, 0.6) is 0 Å². The Labute approximate surface area is 119 Å². The largest absolute Gasteiger partial charge is 0.401 e. The van der Waals surface area contributed by atoms with Crippen LogP contribution >= 0.6 is 15.9 Å². The third-order valence-electron chi connectivity index (χ3n) is 3.30. The van der Waals surface area contributed by atoms with Crippen molar-refractivity contribution in [3.63, 3.8) is 0 Å². The number of rotatable bonds is 0. The normalized spacial score (nSPS) is 16.7. The van der Waals surface area contributed by atoms with Crippen LogP contribution in [0.2, 0.25) is 0 Å². The molecule has 0 atom stereocenters. The average Bonchev–Trinajstić information content (AvgIpc) is 2.69. The molecule has 1 aliphatic rings. The quantitative estimate of drug-likeness (QED) is 0.729. The van der Waals surface area contributed by atoms with Crippen molar-refractivity contribution in [1.82, 2.24) is 9.55 Å². The number of imidazole rings is 1. The van der Waals surface area contributed by atoms with Crippen LogP contribution < -0.4 is 16.6 Å². The molecule has 1 aromatic heterocycles. The molecule has 0 bridgehead atoms. The second kappa shape index (κ2) is 4.40. The molecule has 19 heavy (non-hydrogen) atoms. The Morgan fingerprint density at radius 2 is 2.00 bits per heavy atom. The summed E-state index contributed by atoms with van der Waals surface area (Å²) < 4.78 is 2.85. The first-order valence-corrected chi connectivity index (χ1v) is 6.70. The van der Waals surface area contributed by atoms with E-state index in [-0.39, 0.29) is 0 Å². The van der Waals surface area contributed by atoms with E-state index in [9.17, 15) is 0 Å². The summed E-state index contributed by atoms with van der Waals surface area (Å²) >= 11 is 3.48. The van der Waals surface area contributed by atoms with Crippen molar-refractivity contribution in [2.75, 3.05) is 5.01 Å². The van der Waals surface area contributed by atoms with Gasteiger partial charge in [0.2, 0.25) is 0 Å². The van der Waals surface area contributed by atoms with Gasteiger partial charge in [0.15, 0.2) is 0 Å². The fourth-order valence-electron chi connectivity index (χ4n) is 2.31. The highest BCUT2D eigenvalue weighted by Gasteiger charge is 2.24. The van der Waals surface area contributed by atoms with E-state index in [4.69, 9.17) is 11.6 Å². The van der Waals surface area contributed by atoms with Gasteiger partial charge in [-0.3, -0.25) is 9.58 Å². The maximum absolute atomic E-state index is 6.23. The highest BCUT2D eigenvalue weighted by molar-refractivity contribution is 9.10. The summed E-state index contributed by atoms with van der Waals surface area (Å²) in [6.07, 6.45) is 2.43. The fourth-order valence-corrected chi connectivity index (χ4v) is 2.73. The molecule has 2 aromatic rings. The van der Waals surface area contributed by atoms with Crippen molar-refractivity contribution in [2.45, 2.75) is 13.3 Å². The minimum atomic E-state index is 0.633. The summed E-state index contributed by atoms with van der Waals surface area (Å²) in [7, 11) is 0. The molecule has 0 amide bonds. The van der Waals surface area contributed by atoms with Crippen LogP contribution in [0.1, 0.15) is 12.6 Å². The van der Waals surface area contributed by atoms with Gasteiger partial charge in [-0.25, -0.2) is 10.8 Å². The molecule has 0 aliphatic carbocycles. The Morgan fingerprint density at radius 3 is 2.68 bits per heavy atom. The zero-order valence-electron chi connectivity index (χ0n) is 10.5. The molecule has 0 spiro atoms. The number of nitrogens with two attached hydrogens (primary N) is 2. The van der Waals surface area contributed by atoms with Gasteiger partial charge in [0.05, 0.1) is 22.8 Å². The summed E-state index contributed by atoms with van der Waals surface area (Å²) in [5.41, 5.74) is 10.5. The van der Waals surface area contributed by atoms with Gasteiger partial charge < -0.3 is 5.73 Å². The number of fused-ring (bicyclic) bond motifs is 3. The first-order chi connectivity index (χ1) is 9.09. The van der Waals surface area contributed by atoms with E-state index in [0.717, 1.165) is 27.4 Å². The minimum Gasteiger partial charge on any atom is -0.401 e. The Hall–Kier alpha value is -1.79. The Balaban J connectivity index is 2.34. The van der Waals surface area contributed by atoms with Gasteiger partial charge >= 0.3 is 0 Å². The van der Waals surface area contributed by atoms with Crippen LogP contribution in [-0.4, -0.2) is 9.55 Å². The van der Waals surface area contributed by atoms with Crippen molar-refractivity contribution < 1.29 is 0 Å². The van der Waals surface area contributed by atoms with E-state index in [0.29, 0.717) is 12.1 Å². The number of hydrogen-bond acceptors (Lipinski definition) is 4. The molecule has 2 heterocycles. The molecule has 1 aliphatic heterocycles. The van der Waals surface area contributed by atoms with E-state index in [1.54, 1.807) is 11.3 Å². The summed E-state index contributed by atoms with van der Waals surface area (Å²) in [5.74, 6) is 6.23. The Bertz CT molecular complexity index is 669. The summed E-state index contributed by atoms with van der Waals surface area (Å²) in [4.78, 5) is 4.31. The number of anilines is 1. The molecule has 0 saturated carbocycles. The molecule has 4 N–H and O–H groups in total. The maximum Gasteiger partial charge on any atom is 0.128 e. The zero-order valence-corrected chi connectivity index (χ0v) is 12.1. The third-order valence-corrected chi connectivity index (χ3v) is 3.96. The molecule has 0 saturated heterocycles. The predicted molar refractivity (Wildman–Crippen MR) is 78.5 cm³/mol. The topological polar surface area (TPSA) is 73.1 Å². The average molecular weight is 320 g/mol. The van der Waals surface area contributed by atoms with Crippen LogP contribution in [0.3, 0.4) is 0 Å². The van der Waals surface area contributed by atoms with Crippen molar-refractivity contribution in [3.05, 3.63) is 52.3 Å². The van der Waals surface area contributed by atoms with Crippen LogP contribution in [0, 0.1) is 0 Å². The van der Waals surface area contributed by atoms with E-state index < -0.39 is 0 Å². The second-order valence-corrected chi connectivity index (χ2v) is 5.27. The van der Waals surface area contributed by atoms with Crippen molar-refractivity contribution in [1.29, 1.82) is 0 Å². The molecule has 3 rings (SSSR count). The number of hydrogen-bond donors (Lipinski definition) is 2. The molecule has 0 radical (unpaired) electrons. The summed E-state index contributed by atoms with van der Waals surface area (Å²) in [6.45, 7) is 1.86. The van der Waals surface area contributed by atoms with Crippen LogP contribution in [0.25, 0.3) is 5.69 Å². The molecular formula is C13H14BrN5. The van der Waals surface area contributed by atoms with E-state index in [1.165, 1.54) is 0 Å². The number of halogens is 1. The highest BCUT2D eigenvalue weighted by Crippen LogP contribution is 2.34. The van der Waals surface area contributed by atoms with Crippen molar-refractivity contribution >= 4 is 21.6 Å². The first-order valence-electron chi connectivity index (χ1n) is 5.90. The lowest BCUT2D eigenvalue weighted by Crippen LogP contribution is -2.32. The number of hydrazine groups is 1. The van der Waals surface area contributed by atoms with E-state index in [1.807, 2.05) is 35.8 Å². The van der Waals surface area contributed by atoms with Gasteiger partial charge in [0.1, 0.15) is 10.9 Å².